The highest BCUT2D eigenvalue weighted by molar-refractivity contribution is 5.76. The molecule has 1 aromatic heterocycles. The first-order valence-corrected chi connectivity index (χ1v) is 5.78. The van der Waals surface area contributed by atoms with Gasteiger partial charge in [0.15, 0.2) is 0 Å². The molecule has 1 heterocycles. The molecule has 0 spiro atoms. The van der Waals surface area contributed by atoms with Crippen LogP contribution in [0.1, 0.15) is 31.9 Å². The van der Waals surface area contributed by atoms with Crippen LogP contribution in [0.2, 0.25) is 0 Å². The molecular formula is C12H20N2O2. The Labute approximate surface area is 96.4 Å². The van der Waals surface area contributed by atoms with E-state index in [2.05, 4.69) is 0 Å². The van der Waals surface area contributed by atoms with Gasteiger partial charge in [-0.15, -0.1) is 0 Å². The summed E-state index contributed by atoms with van der Waals surface area (Å²) in [4.78, 5) is 13.6. The third-order valence-corrected chi connectivity index (χ3v) is 2.51. The molecule has 4 nitrogen and oxygen atoms in total. The van der Waals surface area contributed by atoms with Gasteiger partial charge in [0.2, 0.25) is 5.91 Å². The second-order valence-electron chi connectivity index (χ2n) is 3.73. The molecule has 0 saturated heterocycles. The van der Waals surface area contributed by atoms with Gasteiger partial charge in [-0.2, -0.15) is 0 Å². The van der Waals surface area contributed by atoms with Crippen molar-refractivity contribution >= 4 is 5.91 Å². The lowest BCUT2D eigenvalue weighted by atomic mass is 10.2. The zero-order chi connectivity index (χ0) is 11.8. The first kappa shape index (κ1) is 12.8. The zero-order valence-electron chi connectivity index (χ0n) is 9.82. The molecule has 0 aliphatic rings. The van der Waals surface area contributed by atoms with Gasteiger partial charge >= 0.3 is 0 Å². The monoisotopic (exact) mass is 224 g/mol. The number of amides is 1. The number of unbranched alkanes of at least 4 members (excludes halogenated alkanes) is 1. The first-order chi connectivity index (χ1) is 7.77. The Morgan fingerprint density at radius 2 is 2.31 bits per heavy atom. The summed E-state index contributed by atoms with van der Waals surface area (Å²) in [5, 5.41) is 0. The van der Waals surface area contributed by atoms with Crippen LogP contribution in [0, 0.1) is 0 Å². The molecule has 0 atom stereocenters. The van der Waals surface area contributed by atoms with Gasteiger partial charge in [-0.25, -0.2) is 0 Å². The van der Waals surface area contributed by atoms with E-state index in [9.17, 15) is 4.79 Å². The van der Waals surface area contributed by atoms with Crippen molar-refractivity contribution in [3.05, 3.63) is 24.2 Å². The largest absolute Gasteiger partial charge is 0.467 e. The zero-order valence-corrected chi connectivity index (χ0v) is 9.82. The summed E-state index contributed by atoms with van der Waals surface area (Å²) >= 11 is 0. The second-order valence-corrected chi connectivity index (χ2v) is 3.73. The van der Waals surface area contributed by atoms with Crippen LogP contribution in [0.4, 0.5) is 0 Å². The first-order valence-electron chi connectivity index (χ1n) is 5.78. The molecule has 0 saturated carbocycles. The molecule has 0 unspecified atom stereocenters. The minimum atomic E-state index is 0.173. The molecule has 16 heavy (non-hydrogen) atoms. The van der Waals surface area contributed by atoms with E-state index in [4.69, 9.17) is 10.2 Å². The van der Waals surface area contributed by atoms with Crippen molar-refractivity contribution in [3.63, 3.8) is 0 Å². The fourth-order valence-corrected chi connectivity index (χ4v) is 1.55. The van der Waals surface area contributed by atoms with Crippen molar-refractivity contribution in [2.45, 2.75) is 32.7 Å². The number of hydrogen-bond acceptors (Lipinski definition) is 3. The molecule has 0 radical (unpaired) electrons. The Bertz CT molecular complexity index is 296. The Kier molecular flexibility index (Phi) is 5.64. The molecule has 90 valence electrons. The highest BCUT2D eigenvalue weighted by Crippen LogP contribution is 2.08. The van der Waals surface area contributed by atoms with Crippen LogP contribution in [0.3, 0.4) is 0 Å². The van der Waals surface area contributed by atoms with E-state index in [-0.39, 0.29) is 5.91 Å². The van der Waals surface area contributed by atoms with Crippen molar-refractivity contribution in [2.75, 3.05) is 13.1 Å². The van der Waals surface area contributed by atoms with E-state index < -0.39 is 0 Å². The van der Waals surface area contributed by atoms with Gasteiger partial charge < -0.3 is 15.1 Å². The summed E-state index contributed by atoms with van der Waals surface area (Å²) in [6, 6.07) is 3.72. The topological polar surface area (TPSA) is 59.5 Å². The highest BCUT2D eigenvalue weighted by atomic mass is 16.3. The lowest BCUT2D eigenvalue weighted by Gasteiger charge is -2.19. The fraction of sp³-hybridized carbons (Fsp3) is 0.583. The number of carbonyl (C=O) groups excluding carboxylic acids is 1. The van der Waals surface area contributed by atoms with Crippen molar-refractivity contribution < 1.29 is 9.21 Å². The van der Waals surface area contributed by atoms with Crippen molar-refractivity contribution in [3.8, 4) is 0 Å². The maximum absolute atomic E-state index is 11.8. The fourth-order valence-electron chi connectivity index (χ4n) is 1.55. The van der Waals surface area contributed by atoms with Gasteiger partial charge in [-0.1, -0.05) is 0 Å². The van der Waals surface area contributed by atoms with Crippen LogP contribution >= 0.6 is 0 Å². The second kappa shape index (κ2) is 7.06. The SMILES string of the molecule is CCN(Cc1ccco1)C(=O)CCCCN. The molecule has 2 N–H and O–H groups in total. The molecule has 0 aliphatic carbocycles. The van der Waals surface area contributed by atoms with Crippen LogP contribution < -0.4 is 5.73 Å². The summed E-state index contributed by atoms with van der Waals surface area (Å²) in [6.07, 6.45) is 3.97. The standard InChI is InChI=1S/C12H20N2O2/c1-2-14(10-11-6-5-9-16-11)12(15)7-3-4-8-13/h5-6,9H,2-4,7-8,10,13H2,1H3. The molecule has 4 heteroatoms. The Morgan fingerprint density at radius 3 is 2.88 bits per heavy atom. The van der Waals surface area contributed by atoms with Crippen LogP contribution in [0.15, 0.2) is 22.8 Å². The third-order valence-electron chi connectivity index (χ3n) is 2.51. The maximum atomic E-state index is 11.8. The van der Waals surface area contributed by atoms with Gasteiger partial charge in [0.1, 0.15) is 5.76 Å². The van der Waals surface area contributed by atoms with E-state index in [1.165, 1.54) is 0 Å². The van der Waals surface area contributed by atoms with Gasteiger partial charge in [0.05, 0.1) is 12.8 Å². The predicted octanol–water partition coefficient (Wildman–Crippen LogP) is 1.76. The smallest absolute Gasteiger partial charge is 0.222 e. The molecule has 1 rings (SSSR count). The normalized spacial score (nSPS) is 10.4. The number of nitrogens with two attached hydrogens (primary N) is 1. The van der Waals surface area contributed by atoms with E-state index in [0.717, 1.165) is 18.6 Å². The van der Waals surface area contributed by atoms with Crippen LogP contribution in [0.25, 0.3) is 0 Å². The maximum Gasteiger partial charge on any atom is 0.222 e. The summed E-state index contributed by atoms with van der Waals surface area (Å²) in [5.74, 6) is 1.00. The predicted molar refractivity (Wildman–Crippen MR) is 62.7 cm³/mol. The molecule has 1 aromatic rings. The number of carbonyl (C=O) groups is 1. The minimum absolute atomic E-state index is 0.173. The van der Waals surface area contributed by atoms with Gasteiger partial charge in [0.25, 0.3) is 0 Å². The molecule has 0 bridgehead atoms. The molecular weight excluding hydrogens is 204 g/mol. The average molecular weight is 224 g/mol. The summed E-state index contributed by atoms with van der Waals surface area (Å²) in [6.45, 7) is 3.90. The highest BCUT2D eigenvalue weighted by Gasteiger charge is 2.12. The Balaban J connectivity index is 2.38. The van der Waals surface area contributed by atoms with Crippen molar-refractivity contribution in [1.29, 1.82) is 0 Å². The van der Waals surface area contributed by atoms with Crippen molar-refractivity contribution in [2.24, 2.45) is 5.73 Å². The summed E-state index contributed by atoms with van der Waals surface area (Å²) in [5.41, 5.74) is 5.39. The average Bonchev–Trinajstić information content (AvgIpc) is 2.78. The number of nitrogens with zero attached hydrogens (tertiary/aromatic N) is 1. The Morgan fingerprint density at radius 1 is 1.50 bits per heavy atom. The molecule has 0 aromatic carbocycles. The molecule has 1 amide bonds. The van der Waals surface area contributed by atoms with Crippen molar-refractivity contribution in [1.82, 2.24) is 4.90 Å². The van der Waals surface area contributed by atoms with Gasteiger partial charge in [0, 0.05) is 13.0 Å². The quantitative estimate of drug-likeness (QED) is 0.718. The number of hydrogen-bond donors (Lipinski definition) is 1. The summed E-state index contributed by atoms with van der Waals surface area (Å²) in [7, 11) is 0. The Hall–Kier alpha value is -1.29. The van der Waals surface area contributed by atoms with E-state index in [1.54, 1.807) is 11.2 Å². The number of rotatable bonds is 7. The minimum Gasteiger partial charge on any atom is -0.467 e. The van der Waals surface area contributed by atoms with E-state index >= 15 is 0 Å². The van der Waals surface area contributed by atoms with Crippen LogP contribution in [-0.4, -0.2) is 23.9 Å². The van der Waals surface area contributed by atoms with Gasteiger partial charge in [-0.3, -0.25) is 4.79 Å². The lowest BCUT2D eigenvalue weighted by Crippen LogP contribution is -2.29. The summed E-state index contributed by atoms with van der Waals surface area (Å²) < 4.78 is 5.23. The van der Waals surface area contributed by atoms with Gasteiger partial charge in [-0.05, 0) is 38.4 Å². The molecule has 0 aliphatic heterocycles. The molecule has 0 fully saturated rings. The van der Waals surface area contributed by atoms with E-state index in [0.29, 0.717) is 26.1 Å². The van der Waals surface area contributed by atoms with E-state index in [1.807, 2.05) is 19.1 Å². The van der Waals surface area contributed by atoms with Crippen LogP contribution in [0.5, 0.6) is 0 Å². The number of furan rings is 1. The third kappa shape index (κ3) is 4.06. The lowest BCUT2D eigenvalue weighted by molar-refractivity contribution is -0.131. The van der Waals surface area contributed by atoms with Crippen LogP contribution in [-0.2, 0) is 11.3 Å².